The Morgan fingerprint density at radius 2 is 1.81 bits per heavy atom. The molecule has 2 aromatic rings. The molecule has 1 N–H and O–H groups in total. The lowest BCUT2D eigenvalue weighted by atomic mass is 10.1. The highest BCUT2D eigenvalue weighted by atomic mass is 16.5. The summed E-state index contributed by atoms with van der Waals surface area (Å²) in [6.45, 7) is 10.1. The molecule has 0 unspecified atom stereocenters. The molecule has 0 spiro atoms. The third kappa shape index (κ3) is 3.80. The molecule has 0 saturated carbocycles. The van der Waals surface area contributed by atoms with E-state index < -0.39 is 0 Å². The number of anilines is 1. The first kappa shape index (κ1) is 18.2. The van der Waals surface area contributed by atoms with Crippen molar-refractivity contribution in [2.45, 2.75) is 27.7 Å². The number of furan rings is 1. The zero-order valence-corrected chi connectivity index (χ0v) is 15.6. The number of hydrogen-bond acceptors (Lipinski definition) is 6. The van der Waals surface area contributed by atoms with Crippen LogP contribution in [-0.2, 0) is 4.79 Å². The smallest absolute Gasteiger partial charge is 0.257 e. The maximum absolute atomic E-state index is 12.8. The molecule has 0 aliphatic carbocycles. The maximum atomic E-state index is 12.8. The van der Waals surface area contributed by atoms with Gasteiger partial charge in [-0.05, 0) is 27.7 Å². The van der Waals surface area contributed by atoms with Gasteiger partial charge in [0.1, 0.15) is 17.3 Å². The Hall–Kier alpha value is -2.61. The quantitative estimate of drug-likeness (QED) is 0.895. The molecule has 1 saturated heterocycles. The minimum atomic E-state index is -0.143. The number of hydrogen-bond donors (Lipinski definition) is 1. The second-order valence-corrected chi connectivity index (χ2v) is 6.65. The Morgan fingerprint density at radius 3 is 2.35 bits per heavy atom. The van der Waals surface area contributed by atoms with E-state index in [1.54, 1.807) is 13.0 Å². The minimum Gasteiger partial charge on any atom is -0.466 e. The Kier molecular flexibility index (Phi) is 5.13. The third-order valence-electron chi connectivity index (χ3n) is 4.70. The van der Waals surface area contributed by atoms with E-state index in [4.69, 9.17) is 8.94 Å². The van der Waals surface area contributed by atoms with Gasteiger partial charge in [-0.2, -0.15) is 0 Å². The van der Waals surface area contributed by atoms with Gasteiger partial charge in [-0.15, -0.1) is 0 Å². The van der Waals surface area contributed by atoms with Gasteiger partial charge >= 0.3 is 0 Å². The van der Waals surface area contributed by atoms with E-state index in [1.165, 1.54) is 0 Å². The van der Waals surface area contributed by atoms with Crippen LogP contribution in [0.5, 0.6) is 0 Å². The number of carbonyl (C=O) groups is 2. The van der Waals surface area contributed by atoms with Gasteiger partial charge in [0.25, 0.3) is 5.91 Å². The van der Waals surface area contributed by atoms with E-state index in [1.807, 2.05) is 30.6 Å². The fourth-order valence-corrected chi connectivity index (χ4v) is 3.19. The zero-order valence-electron chi connectivity index (χ0n) is 15.6. The highest BCUT2D eigenvalue weighted by Crippen LogP contribution is 2.23. The van der Waals surface area contributed by atoms with Crippen molar-refractivity contribution in [2.24, 2.45) is 0 Å². The van der Waals surface area contributed by atoms with Crippen LogP contribution in [0.25, 0.3) is 0 Å². The molecule has 1 aliphatic heterocycles. The van der Waals surface area contributed by atoms with Gasteiger partial charge in [0.2, 0.25) is 5.91 Å². The molecule has 26 heavy (non-hydrogen) atoms. The van der Waals surface area contributed by atoms with Gasteiger partial charge in [0.05, 0.1) is 12.1 Å². The maximum Gasteiger partial charge on any atom is 0.257 e. The Morgan fingerprint density at radius 1 is 1.12 bits per heavy atom. The summed E-state index contributed by atoms with van der Waals surface area (Å²) >= 11 is 0. The molecule has 8 heteroatoms. The molecule has 3 heterocycles. The van der Waals surface area contributed by atoms with Crippen molar-refractivity contribution in [1.29, 1.82) is 0 Å². The average molecular weight is 360 g/mol. The molecule has 0 radical (unpaired) electrons. The van der Waals surface area contributed by atoms with E-state index >= 15 is 0 Å². The van der Waals surface area contributed by atoms with Crippen LogP contribution >= 0.6 is 0 Å². The summed E-state index contributed by atoms with van der Waals surface area (Å²) in [7, 11) is 0. The molecular weight excluding hydrogens is 336 g/mol. The largest absolute Gasteiger partial charge is 0.466 e. The van der Waals surface area contributed by atoms with E-state index in [0.29, 0.717) is 49.1 Å². The summed E-state index contributed by atoms with van der Waals surface area (Å²) in [5.74, 6) is 2.36. The van der Waals surface area contributed by atoms with E-state index in [2.05, 4.69) is 10.5 Å². The van der Waals surface area contributed by atoms with Crippen LogP contribution in [0.4, 0.5) is 5.82 Å². The molecule has 2 aromatic heterocycles. The zero-order chi connectivity index (χ0) is 18.8. The lowest BCUT2D eigenvalue weighted by Crippen LogP contribution is -2.50. The number of nitrogens with one attached hydrogen (secondary N) is 1. The van der Waals surface area contributed by atoms with Gasteiger partial charge in [0.15, 0.2) is 5.82 Å². The van der Waals surface area contributed by atoms with E-state index in [0.717, 1.165) is 11.3 Å². The summed E-state index contributed by atoms with van der Waals surface area (Å²) < 4.78 is 10.5. The van der Waals surface area contributed by atoms with Crippen molar-refractivity contribution in [3.05, 3.63) is 34.5 Å². The van der Waals surface area contributed by atoms with E-state index in [-0.39, 0.29) is 18.4 Å². The fraction of sp³-hybridized carbons (Fsp3) is 0.500. The van der Waals surface area contributed by atoms with Crippen LogP contribution in [0.1, 0.15) is 33.2 Å². The second-order valence-electron chi connectivity index (χ2n) is 6.65. The molecule has 2 amide bonds. The molecule has 140 valence electrons. The number of rotatable bonds is 4. The van der Waals surface area contributed by atoms with Crippen LogP contribution in [0.2, 0.25) is 0 Å². The lowest BCUT2D eigenvalue weighted by Gasteiger charge is -2.34. The van der Waals surface area contributed by atoms with Crippen molar-refractivity contribution in [3.8, 4) is 0 Å². The molecular formula is C18H24N4O4. The lowest BCUT2D eigenvalue weighted by molar-refractivity contribution is -0.117. The first-order valence-corrected chi connectivity index (χ1v) is 8.66. The Bertz CT molecular complexity index is 815. The summed E-state index contributed by atoms with van der Waals surface area (Å²) in [5.41, 5.74) is 1.56. The number of nitrogens with zero attached hydrogens (tertiary/aromatic N) is 3. The van der Waals surface area contributed by atoms with Crippen molar-refractivity contribution >= 4 is 17.6 Å². The number of aryl methyl sites for hydroxylation is 3. The molecule has 0 aromatic carbocycles. The van der Waals surface area contributed by atoms with Crippen LogP contribution in [-0.4, -0.2) is 59.5 Å². The van der Waals surface area contributed by atoms with Gasteiger partial charge in [-0.1, -0.05) is 5.16 Å². The van der Waals surface area contributed by atoms with Gasteiger partial charge in [-0.25, -0.2) is 0 Å². The fourth-order valence-electron chi connectivity index (χ4n) is 3.19. The number of piperazine rings is 1. The number of carbonyl (C=O) groups excluding carboxylic acids is 2. The predicted molar refractivity (Wildman–Crippen MR) is 95.1 cm³/mol. The normalized spacial score (nSPS) is 15.3. The van der Waals surface area contributed by atoms with Gasteiger partial charge in [-0.3, -0.25) is 14.5 Å². The van der Waals surface area contributed by atoms with Crippen molar-refractivity contribution in [2.75, 3.05) is 38.0 Å². The average Bonchev–Trinajstić information content (AvgIpc) is 3.10. The summed E-state index contributed by atoms with van der Waals surface area (Å²) in [4.78, 5) is 28.7. The monoisotopic (exact) mass is 360 g/mol. The van der Waals surface area contributed by atoms with Crippen LogP contribution < -0.4 is 5.32 Å². The molecule has 0 atom stereocenters. The summed E-state index contributed by atoms with van der Waals surface area (Å²) in [6.07, 6.45) is 0. The highest BCUT2D eigenvalue weighted by molar-refractivity contribution is 5.97. The Balaban J connectivity index is 1.52. The van der Waals surface area contributed by atoms with Crippen LogP contribution in [0, 0.1) is 27.7 Å². The molecule has 8 nitrogen and oxygen atoms in total. The molecule has 1 fully saturated rings. The SMILES string of the molecule is Cc1cc(NC(=O)CN2CCN(C(=O)c3c(C)oc(C)c3C)CC2)no1. The van der Waals surface area contributed by atoms with Gasteiger partial charge in [0, 0.05) is 37.8 Å². The molecule has 3 rings (SSSR count). The number of aromatic nitrogens is 1. The predicted octanol–water partition coefficient (Wildman–Crippen LogP) is 1.90. The number of amides is 2. The molecule has 1 aliphatic rings. The first-order chi connectivity index (χ1) is 12.3. The van der Waals surface area contributed by atoms with Crippen LogP contribution in [0.3, 0.4) is 0 Å². The summed E-state index contributed by atoms with van der Waals surface area (Å²) in [6, 6.07) is 1.67. The molecule has 0 bridgehead atoms. The summed E-state index contributed by atoms with van der Waals surface area (Å²) in [5, 5.41) is 6.46. The van der Waals surface area contributed by atoms with Crippen molar-refractivity contribution in [1.82, 2.24) is 15.0 Å². The van der Waals surface area contributed by atoms with E-state index in [9.17, 15) is 9.59 Å². The third-order valence-corrected chi connectivity index (χ3v) is 4.70. The standard InChI is InChI=1S/C18H24N4O4/c1-11-9-15(20-26-11)19-16(23)10-21-5-7-22(8-6-21)18(24)17-12(2)13(3)25-14(17)4/h9H,5-8,10H2,1-4H3,(H,19,20,23). The Labute approximate surface area is 152 Å². The van der Waals surface area contributed by atoms with Crippen molar-refractivity contribution in [3.63, 3.8) is 0 Å². The minimum absolute atomic E-state index is 0.000904. The second kappa shape index (κ2) is 7.33. The highest BCUT2D eigenvalue weighted by Gasteiger charge is 2.27. The first-order valence-electron chi connectivity index (χ1n) is 8.66. The topological polar surface area (TPSA) is 91.8 Å². The van der Waals surface area contributed by atoms with Crippen LogP contribution in [0.15, 0.2) is 15.0 Å². The van der Waals surface area contributed by atoms with Gasteiger partial charge < -0.3 is 19.2 Å². The van der Waals surface area contributed by atoms with Crippen molar-refractivity contribution < 1.29 is 18.5 Å².